The molecule has 0 aliphatic carbocycles. The Morgan fingerprint density at radius 2 is 2.00 bits per heavy atom. The average Bonchev–Trinajstić information content (AvgIpc) is 2.35. The Balaban J connectivity index is 2.11. The number of hydrogen-bond acceptors (Lipinski definition) is 3. The summed E-state index contributed by atoms with van der Waals surface area (Å²) in [4.78, 5) is 7.94. The van der Waals surface area contributed by atoms with Crippen LogP contribution in [-0.2, 0) is 6.42 Å². The summed E-state index contributed by atoms with van der Waals surface area (Å²) in [6, 6.07) is 8.07. The number of ether oxygens (including phenoxy) is 1. The second-order valence-electron chi connectivity index (χ2n) is 3.67. The number of halogens is 1. The lowest BCUT2D eigenvalue weighted by Gasteiger charge is -2.06. The smallest absolute Gasteiger partial charge is 0.236 e. The van der Waals surface area contributed by atoms with E-state index in [-0.39, 0.29) is 0 Å². The average molecular weight is 293 g/mol. The van der Waals surface area contributed by atoms with Crippen molar-refractivity contribution in [2.45, 2.75) is 19.8 Å². The van der Waals surface area contributed by atoms with Crippen molar-refractivity contribution >= 4 is 15.9 Å². The van der Waals surface area contributed by atoms with Crippen molar-refractivity contribution in [2.75, 3.05) is 0 Å². The van der Waals surface area contributed by atoms with Crippen LogP contribution in [0.5, 0.6) is 11.6 Å². The Bertz CT molecular complexity index is 485. The molecule has 0 saturated carbocycles. The minimum Gasteiger partial charge on any atom is -0.438 e. The third kappa shape index (κ3) is 3.27. The molecule has 0 aliphatic heterocycles. The lowest BCUT2D eigenvalue weighted by atomic mass is 10.1. The van der Waals surface area contributed by atoms with Crippen LogP contribution in [-0.4, -0.2) is 9.97 Å². The van der Waals surface area contributed by atoms with Crippen LogP contribution >= 0.6 is 15.9 Å². The Labute approximate surface area is 109 Å². The zero-order valence-corrected chi connectivity index (χ0v) is 11.1. The van der Waals surface area contributed by atoms with Gasteiger partial charge in [0.05, 0.1) is 4.47 Å². The maximum absolute atomic E-state index is 5.64. The van der Waals surface area contributed by atoms with Crippen LogP contribution in [0.4, 0.5) is 0 Å². The van der Waals surface area contributed by atoms with Gasteiger partial charge in [-0.25, -0.2) is 9.97 Å². The Morgan fingerprint density at radius 1 is 1.24 bits per heavy atom. The molecule has 0 N–H and O–H groups in total. The van der Waals surface area contributed by atoms with E-state index in [0.29, 0.717) is 5.88 Å². The predicted octanol–water partition coefficient (Wildman–Crippen LogP) is 3.98. The monoisotopic (exact) mass is 292 g/mol. The van der Waals surface area contributed by atoms with E-state index in [2.05, 4.69) is 45.0 Å². The van der Waals surface area contributed by atoms with E-state index in [1.807, 2.05) is 12.1 Å². The van der Waals surface area contributed by atoms with E-state index in [0.717, 1.165) is 23.1 Å². The fraction of sp³-hybridized carbons (Fsp3) is 0.231. The maximum atomic E-state index is 5.64. The van der Waals surface area contributed by atoms with Crippen molar-refractivity contribution in [3.8, 4) is 11.6 Å². The largest absolute Gasteiger partial charge is 0.438 e. The van der Waals surface area contributed by atoms with Crippen molar-refractivity contribution in [3.63, 3.8) is 0 Å². The molecule has 0 saturated heterocycles. The molecule has 0 aliphatic rings. The molecule has 0 radical (unpaired) electrons. The van der Waals surface area contributed by atoms with Crippen LogP contribution in [0.2, 0.25) is 0 Å². The first-order valence-corrected chi connectivity index (χ1v) is 6.31. The Hall–Kier alpha value is -1.42. The van der Waals surface area contributed by atoms with Crippen LogP contribution in [0.1, 0.15) is 18.9 Å². The summed E-state index contributed by atoms with van der Waals surface area (Å²) in [6.45, 7) is 2.17. The highest BCUT2D eigenvalue weighted by molar-refractivity contribution is 9.10. The van der Waals surface area contributed by atoms with Gasteiger partial charge < -0.3 is 4.74 Å². The number of aromatic nitrogens is 2. The minimum absolute atomic E-state index is 0.531. The first-order valence-electron chi connectivity index (χ1n) is 5.52. The molecule has 0 atom stereocenters. The van der Waals surface area contributed by atoms with Crippen molar-refractivity contribution in [3.05, 3.63) is 46.8 Å². The molecule has 1 heterocycles. The van der Waals surface area contributed by atoms with Gasteiger partial charge in [-0.3, -0.25) is 0 Å². The summed E-state index contributed by atoms with van der Waals surface area (Å²) in [7, 11) is 0. The van der Waals surface area contributed by atoms with Gasteiger partial charge in [-0.05, 0) is 40.0 Å². The molecule has 88 valence electrons. The van der Waals surface area contributed by atoms with Gasteiger partial charge in [0, 0.05) is 6.20 Å². The fourth-order valence-electron chi connectivity index (χ4n) is 1.50. The summed E-state index contributed by atoms with van der Waals surface area (Å²) >= 11 is 3.34. The van der Waals surface area contributed by atoms with Gasteiger partial charge in [0.25, 0.3) is 0 Å². The standard InChI is InChI=1S/C13H13BrN2O/c1-2-3-10-4-6-11(7-5-10)17-13-12(14)8-15-9-16-13/h4-9H,2-3H2,1H3. The molecule has 1 aromatic carbocycles. The van der Waals surface area contributed by atoms with Crippen LogP contribution in [0.3, 0.4) is 0 Å². The van der Waals surface area contributed by atoms with Gasteiger partial charge in [0.1, 0.15) is 12.1 Å². The maximum Gasteiger partial charge on any atom is 0.236 e. The van der Waals surface area contributed by atoms with Crippen molar-refractivity contribution in [2.24, 2.45) is 0 Å². The van der Waals surface area contributed by atoms with Gasteiger partial charge in [-0.1, -0.05) is 25.5 Å². The van der Waals surface area contributed by atoms with Crippen molar-refractivity contribution < 1.29 is 4.74 Å². The summed E-state index contributed by atoms with van der Waals surface area (Å²) in [6.07, 6.45) is 5.37. The lowest BCUT2D eigenvalue weighted by Crippen LogP contribution is -1.90. The molecule has 17 heavy (non-hydrogen) atoms. The molecule has 2 rings (SSSR count). The second-order valence-corrected chi connectivity index (χ2v) is 4.53. The molecule has 0 amide bonds. The predicted molar refractivity (Wildman–Crippen MR) is 70.2 cm³/mol. The van der Waals surface area contributed by atoms with Gasteiger partial charge in [-0.2, -0.15) is 0 Å². The van der Waals surface area contributed by atoms with E-state index < -0.39 is 0 Å². The number of hydrogen-bond donors (Lipinski definition) is 0. The van der Waals surface area contributed by atoms with E-state index in [4.69, 9.17) is 4.74 Å². The number of rotatable bonds is 4. The molecule has 0 fully saturated rings. The summed E-state index contributed by atoms with van der Waals surface area (Å²) in [5.74, 6) is 1.31. The van der Waals surface area contributed by atoms with E-state index in [1.54, 1.807) is 6.20 Å². The van der Waals surface area contributed by atoms with Gasteiger partial charge >= 0.3 is 0 Å². The summed E-state index contributed by atoms with van der Waals surface area (Å²) in [5.41, 5.74) is 1.32. The number of nitrogens with zero attached hydrogens (tertiary/aromatic N) is 2. The molecule has 0 bridgehead atoms. The highest BCUT2D eigenvalue weighted by Gasteiger charge is 2.03. The summed E-state index contributed by atoms with van der Waals surface area (Å²) in [5, 5.41) is 0. The molecule has 0 spiro atoms. The molecular formula is C13H13BrN2O. The van der Waals surface area contributed by atoms with Crippen LogP contribution in [0.25, 0.3) is 0 Å². The second kappa shape index (κ2) is 5.77. The quantitative estimate of drug-likeness (QED) is 0.855. The van der Waals surface area contributed by atoms with E-state index >= 15 is 0 Å². The highest BCUT2D eigenvalue weighted by Crippen LogP contribution is 2.26. The topological polar surface area (TPSA) is 35.0 Å². The molecule has 1 aromatic heterocycles. The third-order valence-corrected chi connectivity index (χ3v) is 2.85. The summed E-state index contributed by atoms with van der Waals surface area (Å²) < 4.78 is 6.39. The molecule has 2 aromatic rings. The van der Waals surface area contributed by atoms with E-state index in [1.165, 1.54) is 11.9 Å². The van der Waals surface area contributed by atoms with Gasteiger partial charge in [0.2, 0.25) is 5.88 Å². The normalized spacial score (nSPS) is 10.2. The molecule has 4 heteroatoms. The van der Waals surface area contributed by atoms with Crippen LogP contribution in [0.15, 0.2) is 41.3 Å². The minimum atomic E-state index is 0.531. The molecule has 3 nitrogen and oxygen atoms in total. The van der Waals surface area contributed by atoms with Crippen molar-refractivity contribution in [1.29, 1.82) is 0 Å². The molecule has 0 unspecified atom stereocenters. The molecular weight excluding hydrogens is 280 g/mol. The number of benzene rings is 1. The van der Waals surface area contributed by atoms with Gasteiger partial charge in [0.15, 0.2) is 0 Å². The Kier molecular flexibility index (Phi) is 4.09. The third-order valence-electron chi connectivity index (χ3n) is 2.31. The Morgan fingerprint density at radius 3 is 2.65 bits per heavy atom. The zero-order valence-electron chi connectivity index (χ0n) is 9.56. The highest BCUT2D eigenvalue weighted by atomic mass is 79.9. The van der Waals surface area contributed by atoms with E-state index in [9.17, 15) is 0 Å². The van der Waals surface area contributed by atoms with Crippen LogP contribution in [0, 0.1) is 0 Å². The van der Waals surface area contributed by atoms with Crippen LogP contribution < -0.4 is 4.74 Å². The number of aryl methyl sites for hydroxylation is 1. The first kappa shape index (κ1) is 12.0. The SMILES string of the molecule is CCCc1ccc(Oc2ncncc2Br)cc1. The van der Waals surface area contributed by atoms with Crippen molar-refractivity contribution in [1.82, 2.24) is 9.97 Å². The first-order chi connectivity index (χ1) is 8.29. The lowest BCUT2D eigenvalue weighted by molar-refractivity contribution is 0.458. The van der Waals surface area contributed by atoms with Gasteiger partial charge in [-0.15, -0.1) is 0 Å². The fourth-order valence-corrected chi connectivity index (χ4v) is 1.80. The zero-order chi connectivity index (χ0) is 12.1.